The molecule has 3 nitrogen and oxygen atoms in total. The second-order valence-electron chi connectivity index (χ2n) is 4.00. The fourth-order valence-electron chi connectivity index (χ4n) is 1.76. The van der Waals surface area contributed by atoms with Gasteiger partial charge in [-0.2, -0.15) is 0 Å². The summed E-state index contributed by atoms with van der Waals surface area (Å²) in [5, 5.41) is 3.34. The van der Waals surface area contributed by atoms with Crippen LogP contribution in [0.2, 0.25) is 0 Å². The SMILES string of the molecule is Cc1nccnc1NCCC1CCC1. The van der Waals surface area contributed by atoms with Gasteiger partial charge in [0.05, 0.1) is 5.69 Å². The van der Waals surface area contributed by atoms with E-state index in [1.165, 1.54) is 25.7 Å². The molecule has 14 heavy (non-hydrogen) atoms. The van der Waals surface area contributed by atoms with Gasteiger partial charge in [0.25, 0.3) is 0 Å². The van der Waals surface area contributed by atoms with Gasteiger partial charge in [0, 0.05) is 18.9 Å². The molecular formula is C11H17N3. The first-order chi connectivity index (χ1) is 6.86. The van der Waals surface area contributed by atoms with Crippen LogP contribution in [0.5, 0.6) is 0 Å². The molecule has 0 spiro atoms. The fourth-order valence-corrected chi connectivity index (χ4v) is 1.76. The molecule has 76 valence electrons. The Hall–Kier alpha value is -1.12. The maximum absolute atomic E-state index is 4.25. The summed E-state index contributed by atoms with van der Waals surface area (Å²) in [4.78, 5) is 8.43. The third kappa shape index (κ3) is 2.22. The van der Waals surface area contributed by atoms with E-state index in [4.69, 9.17) is 0 Å². The minimum atomic E-state index is 0.937. The molecule has 0 aromatic carbocycles. The number of anilines is 1. The van der Waals surface area contributed by atoms with Crippen molar-refractivity contribution in [1.29, 1.82) is 0 Å². The van der Waals surface area contributed by atoms with E-state index in [9.17, 15) is 0 Å². The largest absolute Gasteiger partial charge is 0.369 e. The molecule has 1 N–H and O–H groups in total. The molecule has 0 saturated heterocycles. The normalized spacial score (nSPS) is 16.4. The summed E-state index contributed by atoms with van der Waals surface area (Å²) < 4.78 is 0. The molecule has 0 unspecified atom stereocenters. The topological polar surface area (TPSA) is 37.8 Å². The molecule has 2 rings (SSSR count). The summed E-state index contributed by atoms with van der Waals surface area (Å²) in [6.07, 6.45) is 9.00. The molecule has 0 atom stereocenters. The van der Waals surface area contributed by atoms with Crippen LogP contribution in [0.4, 0.5) is 5.82 Å². The van der Waals surface area contributed by atoms with E-state index in [1.54, 1.807) is 12.4 Å². The van der Waals surface area contributed by atoms with Crippen molar-refractivity contribution in [3.8, 4) is 0 Å². The van der Waals surface area contributed by atoms with Gasteiger partial charge in [-0.05, 0) is 19.3 Å². The monoisotopic (exact) mass is 191 g/mol. The third-order valence-corrected chi connectivity index (χ3v) is 2.95. The quantitative estimate of drug-likeness (QED) is 0.794. The number of nitrogens with one attached hydrogen (secondary N) is 1. The molecule has 1 fully saturated rings. The highest BCUT2D eigenvalue weighted by atomic mass is 15.0. The summed E-state index contributed by atoms with van der Waals surface area (Å²) in [7, 11) is 0. The van der Waals surface area contributed by atoms with Gasteiger partial charge >= 0.3 is 0 Å². The van der Waals surface area contributed by atoms with Gasteiger partial charge in [0.1, 0.15) is 5.82 Å². The molecule has 0 amide bonds. The zero-order valence-corrected chi connectivity index (χ0v) is 8.66. The lowest BCUT2D eigenvalue weighted by Gasteiger charge is -2.25. The lowest BCUT2D eigenvalue weighted by molar-refractivity contribution is 0.303. The van der Waals surface area contributed by atoms with E-state index in [1.807, 2.05) is 6.92 Å². The minimum absolute atomic E-state index is 0.937. The average Bonchev–Trinajstić information content (AvgIpc) is 2.12. The molecule has 1 aromatic heterocycles. The van der Waals surface area contributed by atoms with Gasteiger partial charge in [0.15, 0.2) is 0 Å². The van der Waals surface area contributed by atoms with E-state index < -0.39 is 0 Å². The molecular weight excluding hydrogens is 174 g/mol. The van der Waals surface area contributed by atoms with Crippen LogP contribution < -0.4 is 5.32 Å². The number of rotatable bonds is 4. The number of aryl methyl sites for hydroxylation is 1. The van der Waals surface area contributed by atoms with Crippen LogP contribution in [0.15, 0.2) is 12.4 Å². The molecule has 1 saturated carbocycles. The van der Waals surface area contributed by atoms with Gasteiger partial charge < -0.3 is 5.32 Å². The number of hydrogen-bond donors (Lipinski definition) is 1. The van der Waals surface area contributed by atoms with E-state index in [-0.39, 0.29) is 0 Å². The summed E-state index contributed by atoms with van der Waals surface area (Å²) in [6.45, 7) is 3.02. The van der Waals surface area contributed by atoms with E-state index in [0.717, 1.165) is 24.0 Å². The van der Waals surface area contributed by atoms with Crippen molar-refractivity contribution in [2.75, 3.05) is 11.9 Å². The van der Waals surface area contributed by atoms with Gasteiger partial charge in [-0.15, -0.1) is 0 Å². The Kier molecular flexibility index (Phi) is 2.96. The molecule has 0 bridgehead atoms. The van der Waals surface area contributed by atoms with Crippen LogP contribution in [-0.2, 0) is 0 Å². The van der Waals surface area contributed by atoms with Crippen LogP contribution >= 0.6 is 0 Å². The summed E-state index contributed by atoms with van der Waals surface area (Å²) in [5.41, 5.74) is 0.987. The Labute approximate surface area is 85.0 Å². The van der Waals surface area contributed by atoms with E-state index in [0.29, 0.717) is 0 Å². The maximum Gasteiger partial charge on any atom is 0.147 e. The minimum Gasteiger partial charge on any atom is -0.369 e. The second kappa shape index (κ2) is 4.40. The Morgan fingerprint density at radius 3 is 2.79 bits per heavy atom. The highest BCUT2D eigenvalue weighted by Gasteiger charge is 2.16. The van der Waals surface area contributed by atoms with Gasteiger partial charge in [-0.1, -0.05) is 19.3 Å². The summed E-state index contributed by atoms with van der Waals surface area (Å²) in [5.74, 6) is 1.89. The fraction of sp³-hybridized carbons (Fsp3) is 0.636. The molecule has 0 radical (unpaired) electrons. The van der Waals surface area contributed by atoms with Crippen molar-refractivity contribution < 1.29 is 0 Å². The first-order valence-electron chi connectivity index (χ1n) is 5.38. The zero-order chi connectivity index (χ0) is 9.80. The lowest BCUT2D eigenvalue weighted by atomic mass is 9.83. The highest BCUT2D eigenvalue weighted by molar-refractivity contribution is 5.37. The van der Waals surface area contributed by atoms with Gasteiger partial charge in [-0.25, -0.2) is 4.98 Å². The van der Waals surface area contributed by atoms with Crippen LogP contribution in [0.3, 0.4) is 0 Å². The Morgan fingerprint density at radius 2 is 2.14 bits per heavy atom. The predicted octanol–water partition coefficient (Wildman–Crippen LogP) is 2.39. The molecule has 1 aliphatic rings. The molecule has 1 aromatic rings. The van der Waals surface area contributed by atoms with Gasteiger partial charge in [-0.3, -0.25) is 4.98 Å². The summed E-state index contributed by atoms with van der Waals surface area (Å²) >= 11 is 0. The lowest BCUT2D eigenvalue weighted by Crippen LogP contribution is -2.16. The maximum atomic E-state index is 4.25. The van der Waals surface area contributed by atoms with Crippen molar-refractivity contribution in [2.45, 2.75) is 32.6 Å². The molecule has 1 aliphatic carbocycles. The number of nitrogens with zero attached hydrogens (tertiary/aromatic N) is 2. The van der Waals surface area contributed by atoms with Crippen LogP contribution in [0.1, 0.15) is 31.4 Å². The highest BCUT2D eigenvalue weighted by Crippen LogP contribution is 2.29. The van der Waals surface area contributed by atoms with Crippen LogP contribution in [0, 0.1) is 12.8 Å². The standard InChI is InChI=1S/C11H17N3/c1-9-11(14-8-7-12-9)13-6-5-10-3-2-4-10/h7-8,10H,2-6H2,1H3,(H,13,14). The van der Waals surface area contributed by atoms with Crippen molar-refractivity contribution in [3.63, 3.8) is 0 Å². The number of aromatic nitrogens is 2. The smallest absolute Gasteiger partial charge is 0.147 e. The Bertz CT molecular complexity index is 294. The second-order valence-corrected chi connectivity index (χ2v) is 4.00. The predicted molar refractivity (Wildman–Crippen MR) is 57.2 cm³/mol. The molecule has 0 aliphatic heterocycles. The van der Waals surface area contributed by atoms with Gasteiger partial charge in [0.2, 0.25) is 0 Å². The van der Waals surface area contributed by atoms with Crippen molar-refractivity contribution in [2.24, 2.45) is 5.92 Å². The third-order valence-electron chi connectivity index (χ3n) is 2.95. The van der Waals surface area contributed by atoms with E-state index in [2.05, 4.69) is 15.3 Å². The Morgan fingerprint density at radius 1 is 1.36 bits per heavy atom. The van der Waals surface area contributed by atoms with Crippen LogP contribution in [-0.4, -0.2) is 16.5 Å². The first-order valence-corrected chi connectivity index (χ1v) is 5.38. The first kappa shape index (κ1) is 9.44. The number of hydrogen-bond acceptors (Lipinski definition) is 3. The van der Waals surface area contributed by atoms with Crippen molar-refractivity contribution in [1.82, 2.24) is 9.97 Å². The summed E-state index contributed by atoms with van der Waals surface area (Å²) in [6, 6.07) is 0. The van der Waals surface area contributed by atoms with E-state index >= 15 is 0 Å². The van der Waals surface area contributed by atoms with Crippen molar-refractivity contribution >= 4 is 5.82 Å². The van der Waals surface area contributed by atoms with Crippen molar-refractivity contribution in [3.05, 3.63) is 18.1 Å². The zero-order valence-electron chi connectivity index (χ0n) is 8.66. The molecule has 1 heterocycles. The molecule has 3 heteroatoms. The average molecular weight is 191 g/mol. The Balaban J connectivity index is 1.76. The van der Waals surface area contributed by atoms with Crippen LogP contribution in [0.25, 0.3) is 0 Å².